The number of H-pyrrole nitrogens is 1. The topological polar surface area (TPSA) is 78.0 Å². The standard InChI is InChI=1S/C15H14FN3O2/c1-10(12-8-17-18-9-12)19-15(21)14-5-4-13(16)7-11(14)3-2-6-20/h4-5,7-10,20H,6H2,1H3,(H,17,18)(H,19,21). The van der Waals surface area contributed by atoms with Crippen molar-refractivity contribution in [2.24, 2.45) is 0 Å². The van der Waals surface area contributed by atoms with Gasteiger partial charge in [-0.25, -0.2) is 4.39 Å². The minimum Gasteiger partial charge on any atom is -0.384 e. The lowest BCUT2D eigenvalue weighted by molar-refractivity contribution is 0.0939. The highest BCUT2D eigenvalue weighted by Crippen LogP contribution is 2.14. The molecule has 0 aliphatic heterocycles. The van der Waals surface area contributed by atoms with Gasteiger partial charge in [0.05, 0.1) is 17.8 Å². The fraction of sp³-hybridized carbons (Fsp3) is 0.200. The minimum atomic E-state index is -0.489. The molecule has 1 amide bonds. The van der Waals surface area contributed by atoms with Gasteiger partial charge in [0.25, 0.3) is 5.91 Å². The van der Waals surface area contributed by atoms with E-state index >= 15 is 0 Å². The molecule has 6 heteroatoms. The Hall–Kier alpha value is -2.65. The van der Waals surface area contributed by atoms with E-state index < -0.39 is 5.82 Å². The van der Waals surface area contributed by atoms with Crippen LogP contribution < -0.4 is 5.32 Å². The van der Waals surface area contributed by atoms with Gasteiger partial charge in [0.2, 0.25) is 0 Å². The normalized spacial score (nSPS) is 11.4. The number of aliphatic hydroxyl groups is 1. The molecule has 108 valence electrons. The second-order valence-corrected chi connectivity index (χ2v) is 4.38. The Morgan fingerprint density at radius 1 is 1.57 bits per heavy atom. The van der Waals surface area contributed by atoms with E-state index in [-0.39, 0.29) is 29.7 Å². The maximum atomic E-state index is 13.2. The van der Waals surface area contributed by atoms with Crippen LogP contribution in [0.25, 0.3) is 0 Å². The smallest absolute Gasteiger partial charge is 0.253 e. The molecule has 1 aromatic heterocycles. The van der Waals surface area contributed by atoms with Crippen molar-refractivity contribution in [1.82, 2.24) is 15.5 Å². The van der Waals surface area contributed by atoms with Crippen LogP contribution >= 0.6 is 0 Å². The fourth-order valence-electron chi connectivity index (χ4n) is 1.81. The van der Waals surface area contributed by atoms with Crippen molar-refractivity contribution in [3.63, 3.8) is 0 Å². The molecule has 21 heavy (non-hydrogen) atoms. The number of rotatable bonds is 3. The van der Waals surface area contributed by atoms with E-state index in [9.17, 15) is 9.18 Å². The second-order valence-electron chi connectivity index (χ2n) is 4.38. The lowest BCUT2D eigenvalue weighted by atomic mass is 10.1. The zero-order chi connectivity index (χ0) is 15.2. The number of aromatic amines is 1. The van der Waals surface area contributed by atoms with Gasteiger partial charge in [-0.2, -0.15) is 5.10 Å². The SMILES string of the molecule is CC(NC(=O)c1ccc(F)cc1C#CCO)c1cn[nH]c1. The Bertz CT molecular complexity index is 687. The number of hydrogen-bond donors (Lipinski definition) is 3. The van der Waals surface area contributed by atoms with Crippen LogP contribution in [0, 0.1) is 17.7 Å². The van der Waals surface area contributed by atoms with Crippen LogP contribution in [0.4, 0.5) is 4.39 Å². The molecule has 2 aromatic rings. The van der Waals surface area contributed by atoms with Crippen molar-refractivity contribution in [3.05, 3.63) is 53.1 Å². The number of nitrogens with zero attached hydrogens (tertiary/aromatic N) is 1. The van der Waals surface area contributed by atoms with Gasteiger partial charge in [-0.15, -0.1) is 0 Å². The molecule has 0 spiro atoms. The zero-order valence-corrected chi connectivity index (χ0v) is 11.4. The van der Waals surface area contributed by atoms with Crippen molar-refractivity contribution in [2.45, 2.75) is 13.0 Å². The van der Waals surface area contributed by atoms with E-state index in [1.807, 2.05) is 6.92 Å². The first-order valence-electron chi connectivity index (χ1n) is 6.30. The molecule has 0 saturated carbocycles. The van der Waals surface area contributed by atoms with Crippen LogP contribution in [0.3, 0.4) is 0 Å². The highest BCUT2D eigenvalue weighted by Gasteiger charge is 2.15. The maximum absolute atomic E-state index is 13.2. The highest BCUT2D eigenvalue weighted by atomic mass is 19.1. The van der Waals surface area contributed by atoms with Crippen molar-refractivity contribution in [2.75, 3.05) is 6.61 Å². The summed E-state index contributed by atoms with van der Waals surface area (Å²) in [5, 5.41) is 18.0. The molecule has 0 bridgehead atoms. The van der Waals surface area contributed by atoms with E-state index in [0.717, 1.165) is 5.56 Å². The molecule has 5 nitrogen and oxygen atoms in total. The Labute approximate surface area is 121 Å². The number of amides is 1. The quantitative estimate of drug-likeness (QED) is 0.746. The number of nitrogens with one attached hydrogen (secondary N) is 2. The summed E-state index contributed by atoms with van der Waals surface area (Å²) in [6.07, 6.45) is 3.30. The van der Waals surface area contributed by atoms with Gasteiger partial charge in [0.1, 0.15) is 12.4 Å². The van der Waals surface area contributed by atoms with Gasteiger partial charge >= 0.3 is 0 Å². The van der Waals surface area contributed by atoms with Crippen molar-refractivity contribution in [1.29, 1.82) is 0 Å². The van der Waals surface area contributed by atoms with E-state index in [0.29, 0.717) is 0 Å². The van der Waals surface area contributed by atoms with Gasteiger partial charge in [0.15, 0.2) is 0 Å². The number of benzene rings is 1. The fourth-order valence-corrected chi connectivity index (χ4v) is 1.81. The van der Waals surface area contributed by atoms with Crippen molar-refractivity contribution < 1.29 is 14.3 Å². The lowest BCUT2D eigenvalue weighted by Crippen LogP contribution is -2.27. The van der Waals surface area contributed by atoms with E-state index in [1.165, 1.54) is 18.2 Å². The third-order valence-electron chi connectivity index (χ3n) is 2.90. The number of hydrogen-bond acceptors (Lipinski definition) is 3. The molecule has 0 saturated heterocycles. The summed E-state index contributed by atoms with van der Waals surface area (Å²) in [7, 11) is 0. The largest absolute Gasteiger partial charge is 0.384 e. The average Bonchev–Trinajstić information content (AvgIpc) is 2.99. The number of halogens is 1. The average molecular weight is 287 g/mol. The summed E-state index contributed by atoms with van der Waals surface area (Å²) in [6.45, 7) is 1.45. The molecule has 2 rings (SSSR count). The third-order valence-corrected chi connectivity index (χ3v) is 2.90. The molecular formula is C15H14FN3O2. The summed E-state index contributed by atoms with van der Waals surface area (Å²) in [5.74, 6) is 4.13. The highest BCUT2D eigenvalue weighted by molar-refractivity contribution is 5.97. The molecule has 0 aliphatic carbocycles. The van der Waals surface area contributed by atoms with Crippen LogP contribution in [0.15, 0.2) is 30.6 Å². The van der Waals surface area contributed by atoms with E-state index in [2.05, 4.69) is 27.4 Å². The number of carbonyl (C=O) groups is 1. The van der Waals surface area contributed by atoms with Crippen LogP contribution in [-0.2, 0) is 0 Å². The first kappa shape index (κ1) is 14.8. The number of aliphatic hydroxyl groups excluding tert-OH is 1. The molecule has 0 radical (unpaired) electrons. The predicted octanol–water partition coefficient (Wildman–Crippen LogP) is 1.38. The minimum absolute atomic E-state index is 0.237. The molecule has 1 atom stereocenters. The number of carbonyl (C=O) groups excluding carboxylic acids is 1. The monoisotopic (exact) mass is 287 g/mol. The summed E-state index contributed by atoms with van der Waals surface area (Å²) < 4.78 is 13.2. The zero-order valence-electron chi connectivity index (χ0n) is 11.4. The van der Waals surface area contributed by atoms with Gasteiger partial charge < -0.3 is 10.4 Å². The van der Waals surface area contributed by atoms with Crippen molar-refractivity contribution in [3.8, 4) is 11.8 Å². The third kappa shape index (κ3) is 3.68. The predicted molar refractivity (Wildman–Crippen MR) is 74.8 cm³/mol. The molecular weight excluding hydrogens is 273 g/mol. The Morgan fingerprint density at radius 3 is 3.05 bits per heavy atom. The van der Waals surface area contributed by atoms with E-state index in [4.69, 9.17) is 5.11 Å². The van der Waals surface area contributed by atoms with Crippen LogP contribution in [0.5, 0.6) is 0 Å². The lowest BCUT2D eigenvalue weighted by Gasteiger charge is -2.13. The van der Waals surface area contributed by atoms with E-state index in [1.54, 1.807) is 12.4 Å². The first-order valence-corrected chi connectivity index (χ1v) is 6.30. The second kappa shape index (κ2) is 6.68. The maximum Gasteiger partial charge on any atom is 0.253 e. The summed E-state index contributed by atoms with van der Waals surface area (Å²) in [6, 6.07) is 3.48. The molecule has 3 N–H and O–H groups in total. The summed E-state index contributed by atoms with van der Waals surface area (Å²) in [5.41, 5.74) is 1.32. The molecule has 0 aliphatic rings. The Balaban J connectivity index is 2.22. The van der Waals surface area contributed by atoms with Gasteiger partial charge in [-0.3, -0.25) is 9.89 Å². The van der Waals surface area contributed by atoms with Crippen LogP contribution in [0.2, 0.25) is 0 Å². The van der Waals surface area contributed by atoms with Crippen molar-refractivity contribution >= 4 is 5.91 Å². The molecule has 1 heterocycles. The van der Waals surface area contributed by atoms with Gasteiger partial charge in [-0.1, -0.05) is 11.8 Å². The first-order chi connectivity index (χ1) is 10.1. The molecule has 1 unspecified atom stereocenters. The Kier molecular flexibility index (Phi) is 4.69. The molecule has 1 aromatic carbocycles. The van der Waals surface area contributed by atoms with Crippen LogP contribution in [-0.4, -0.2) is 27.8 Å². The summed E-state index contributed by atoms with van der Waals surface area (Å²) >= 11 is 0. The van der Waals surface area contributed by atoms with Gasteiger partial charge in [-0.05, 0) is 25.1 Å². The summed E-state index contributed by atoms with van der Waals surface area (Å²) in [4.78, 5) is 12.3. The van der Waals surface area contributed by atoms with Crippen LogP contribution in [0.1, 0.15) is 34.5 Å². The molecule has 0 fully saturated rings. The Morgan fingerprint density at radius 2 is 2.38 bits per heavy atom. The number of aromatic nitrogens is 2. The van der Waals surface area contributed by atoms with Gasteiger partial charge in [0, 0.05) is 17.3 Å².